The number of nitrogens with zero attached hydrogens (tertiary/aromatic N) is 1. The summed E-state index contributed by atoms with van der Waals surface area (Å²) in [5.41, 5.74) is 0. The highest BCUT2D eigenvalue weighted by Crippen LogP contribution is 2.53. The Balaban J connectivity index is 2.10. The van der Waals surface area contributed by atoms with Crippen molar-refractivity contribution in [2.24, 2.45) is 11.8 Å². The summed E-state index contributed by atoms with van der Waals surface area (Å²) in [5.74, 6) is 1.21. The van der Waals surface area contributed by atoms with Crippen LogP contribution in [0.15, 0.2) is 60.7 Å². The van der Waals surface area contributed by atoms with Crippen LogP contribution in [0.5, 0.6) is 0 Å². The molecule has 0 saturated carbocycles. The third kappa shape index (κ3) is 3.36. The minimum Gasteiger partial charge on any atom is -0.296 e. The fourth-order valence-corrected chi connectivity index (χ4v) is 7.14. The lowest BCUT2D eigenvalue weighted by Gasteiger charge is -2.34. The third-order valence-electron chi connectivity index (χ3n) is 4.91. The first-order valence-corrected chi connectivity index (χ1v) is 10.7. The number of rotatable bonds is 5. The largest absolute Gasteiger partial charge is 0.296 e. The van der Waals surface area contributed by atoms with Crippen LogP contribution in [0.3, 0.4) is 0 Å². The van der Waals surface area contributed by atoms with Gasteiger partial charge in [0, 0.05) is 23.2 Å². The summed E-state index contributed by atoms with van der Waals surface area (Å²) in [6.45, 7) is 7.72. The van der Waals surface area contributed by atoms with Gasteiger partial charge < -0.3 is 0 Å². The van der Waals surface area contributed by atoms with Gasteiger partial charge in [0.15, 0.2) is 0 Å². The van der Waals surface area contributed by atoms with Crippen LogP contribution in [0.2, 0.25) is 0 Å². The molecule has 0 aromatic heterocycles. The maximum absolute atomic E-state index is 14.5. The van der Waals surface area contributed by atoms with Gasteiger partial charge in [0.05, 0.1) is 0 Å². The van der Waals surface area contributed by atoms with E-state index in [-0.39, 0.29) is 0 Å². The van der Waals surface area contributed by atoms with Gasteiger partial charge in [0.25, 0.3) is 0 Å². The minimum absolute atomic E-state index is 0.395. The van der Waals surface area contributed by atoms with E-state index in [0.717, 1.165) is 30.0 Å². The molecule has 128 valence electrons. The Morgan fingerprint density at radius 3 is 1.96 bits per heavy atom. The van der Waals surface area contributed by atoms with Crippen molar-refractivity contribution < 1.29 is 4.57 Å². The predicted octanol–water partition coefficient (Wildman–Crippen LogP) is 4.67. The van der Waals surface area contributed by atoms with Crippen LogP contribution in [-0.4, -0.2) is 17.3 Å². The van der Waals surface area contributed by atoms with Crippen molar-refractivity contribution in [1.82, 2.24) is 4.67 Å². The van der Waals surface area contributed by atoms with Crippen molar-refractivity contribution in [2.45, 2.75) is 39.7 Å². The molecule has 1 aliphatic heterocycles. The first-order chi connectivity index (χ1) is 11.5. The van der Waals surface area contributed by atoms with Crippen LogP contribution < -0.4 is 10.6 Å². The van der Waals surface area contributed by atoms with E-state index in [2.05, 4.69) is 25.4 Å². The van der Waals surface area contributed by atoms with E-state index in [4.69, 9.17) is 0 Å². The first kappa shape index (κ1) is 17.5. The molecule has 0 unspecified atom stereocenters. The fourth-order valence-electron chi connectivity index (χ4n) is 3.94. The molecule has 3 heteroatoms. The SMILES string of the molecule is CC(C)C[C@H]1C[C@@H](C)CN1P(=O)(c1ccccc1)c1ccccc1. The molecule has 0 aliphatic carbocycles. The van der Waals surface area contributed by atoms with Gasteiger partial charge in [-0.1, -0.05) is 57.2 Å². The molecule has 0 amide bonds. The Morgan fingerprint density at radius 1 is 1.00 bits per heavy atom. The second-order valence-electron chi connectivity index (χ2n) is 7.49. The lowest BCUT2D eigenvalue weighted by Crippen LogP contribution is -2.36. The molecule has 2 nitrogen and oxygen atoms in total. The van der Waals surface area contributed by atoms with Gasteiger partial charge in [-0.2, -0.15) is 0 Å². The predicted molar refractivity (Wildman–Crippen MR) is 103 cm³/mol. The molecule has 2 aromatic carbocycles. The average molecular weight is 341 g/mol. The Bertz CT molecular complexity index is 655. The monoisotopic (exact) mass is 341 g/mol. The molecule has 1 fully saturated rings. The highest BCUT2D eigenvalue weighted by molar-refractivity contribution is 7.76. The number of hydrogen-bond acceptors (Lipinski definition) is 1. The van der Waals surface area contributed by atoms with E-state index < -0.39 is 7.29 Å². The number of hydrogen-bond donors (Lipinski definition) is 0. The maximum atomic E-state index is 14.5. The zero-order valence-electron chi connectivity index (χ0n) is 14.9. The second kappa shape index (κ2) is 7.25. The third-order valence-corrected chi connectivity index (χ3v) is 8.12. The highest BCUT2D eigenvalue weighted by atomic mass is 31.2. The van der Waals surface area contributed by atoms with Crippen LogP contribution in [0.4, 0.5) is 0 Å². The van der Waals surface area contributed by atoms with Crippen LogP contribution in [0, 0.1) is 11.8 Å². The molecule has 0 N–H and O–H groups in total. The van der Waals surface area contributed by atoms with Gasteiger partial charge in [0.2, 0.25) is 7.29 Å². The van der Waals surface area contributed by atoms with Gasteiger partial charge >= 0.3 is 0 Å². The van der Waals surface area contributed by atoms with Crippen molar-refractivity contribution in [3.8, 4) is 0 Å². The average Bonchev–Trinajstić information content (AvgIpc) is 2.96. The molecule has 24 heavy (non-hydrogen) atoms. The normalized spacial score (nSPS) is 22.2. The van der Waals surface area contributed by atoms with Crippen molar-refractivity contribution >= 4 is 17.9 Å². The molecule has 0 spiro atoms. The second-order valence-corrected chi connectivity index (χ2v) is 10.2. The first-order valence-electron chi connectivity index (χ1n) is 9.00. The number of benzene rings is 2. The molecule has 0 radical (unpaired) electrons. The lowest BCUT2D eigenvalue weighted by atomic mass is 10.00. The summed E-state index contributed by atoms with van der Waals surface area (Å²) in [5, 5.41) is 1.91. The van der Waals surface area contributed by atoms with E-state index in [1.807, 2.05) is 60.7 Å². The molecule has 3 rings (SSSR count). The van der Waals surface area contributed by atoms with Gasteiger partial charge in [0.1, 0.15) is 0 Å². The van der Waals surface area contributed by atoms with Crippen molar-refractivity contribution in [2.75, 3.05) is 6.54 Å². The Hall–Kier alpha value is -1.37. The molecular weight excluding hydrogens is 313 g/mol. The Morgan fingerprint density at radius 2 is 1.50 bits per heavy atom. The zero-order chi connectivity index (χ0) is 17.2. The van der Waals surface area contributed by atoms with Gasteiger partial charge in [-0.25, -0.2) is 4.67 Å². The highest BCUT2D eigenvalue weighted by Gasteiger charge is 2.43. The molecule has 0 bridgehead atoms. The van der Waals surface area contributed by atoms with Crippen LogP contribution in [-0.2, 0) is 4.57 Å². The van der Waals surface area contributed by atoms with Crippen molar-refractivity contribution in [3.63, 3.8) is 0 Å². The molecule has 1 aliphatic rings. The molecule has 2 aromatic rings. The summed E-state index contributed by atoms with van der Waals surface area (Å²) in [6, 6.07) is 20.5. The topological polar surface area (TPSA) is 20.3 Å². The van der Waals surface area contributed by atoms with Crippen molar-refractivity contribution in [3.05, 3.63) is 60.7 Å². The van der Waals surface area contributed by atoms with Crippen molar-refractivity contribution in [1.29, 1.82) is 0 Å². The van der Waals surface area contributed by atoms with E-state index in [9.17, 15) is 4.57 Å². The molecule has 2 atom stereocenters. The van der Waals surface area contributed by atoms with E-state index in [1.165, 1.54) is 0 Å². The Kier molecular flexibility index (Phi) is 5.27. The summed E-state index contributed by atoms with van der Waals surface area (Å²) in [7, 11) is -2.79. The van der Waals surface area contributed by atoms with E-state index in [1.54, 1.807) is 0 Å². The maximum Gasteiger partial charge on any atom is 0.207 e. The van der Waals surface area contributed by atoms with Crippen LogP contribution in [0.25, 0.3) is 0 Å². The molecular formula is C21H28NOP. The molecule has 1 saturated heterocycles. The standard InChI is InChI=1S/C21H28NOP/c1-17(2)14-19-15-18(3)16-22(19)24(23,20-10-6-4-7-11-20)21-12-8-5-9-13-21/h4-13,17-19H,14-16H2,1-3H3/t18-,19+/m1/s1. The van der Waals surface area contributed by atoms with Gasteiger partial charge in [-0.3, -0.25) is 4.57 Å². The lowest BCUT2D eigenvalue weighted by molar-refractivity contribution is 0.342. The zero-order valence-corrected chi connectivity index (χ0v) is 15.8. The summed E-state index contributed by atoms with van der Waals surface area (Å²) in [4.78, 5) is 0. The smallest absolute Gasteiger partial charge is 0.207 e. The van der Waals surface area contributed by atoms with Gasteiger partial charge in [-0.15, -0.1) is 0 Å². The van der Waals surface area contributed by atoms with Gasteiger partial charge in [-0.05, 0) is 48.9 Å². The molecule has 1 heterocycles. The van der Waals surface area contributed by atoms with E-state index in [0.29, 0.717) is 17.9 Å². The van der Waals surface area contributed by atoms with E-state index >= 15 is 0 Å². The minimum atomic E-state index is -2.79. The summed E-state index contributed by atoms with van der Waals surface area (Å²) >= 11 is 0. The Labute approximate surface area is 146 Å². The fraction of sp³-hybridized carbons (Fsp3) is 0.429. The van der Waals surface area contributed by atoms with Crippen LogP contribution >= 0.6 is 7.29 Å². The van der Waals surface area contributed by atoms with Crippen LogP contribution in [0.1, 0.15) is 33.6 Å². The quantitative estimate of drug-likeness (QED) is 0.737. The summed E-state index contributed by atoms with van der Waals surface area (Å²) < 4.78 is 16.8. The summed E-state index contributed by atoms with van der Waals surface area (Å²) in [6.07, 6.45) is 2.25.